The van der Waals surface area contributed by atoms with Crippen LogP contribution in [0.5, 0.6) is 17.2 Å². The predicted octanol–water partition coefficient (Wildman–Crippen LogP) is 1.81. The zero-order valence-electron chi connectivity index (χ0n) is 10.1. The highest BCUT2D eigenvalue weighted by molar-refractivity contribution is 5.53. The van der Waals surface area contributed by atoms with Crippen LogP contribution in [-0.2, 0) is 0 Å². The van der Waals surface area contributed by atoms with Gasteiger partial charge in [0.25, 0.3) is 0 Å². The van der Waals surface area contributed by atoms with Crippen LogP contribution in [0.3, 0.4) is 0 Å². The van der Waals surface area contributed by atoms with E-state index in [9.17, 15) is 5.11 Å². The largest absolute Gasteiger partial charge is 0.497 e. The van der Waals surface area contributed by atoms with Gasteiger partial charge in [-0.15, -0.1) is 0 Å². The Kier molecular flexibility index (Phi) is 4.43. The molecule has 0 aromatic heterocycles. The van der Waals surface area contributed by atoms with Crippen molar-refractivity contribution in [1.29, 1.82) is 0 Å². The summed E-state index contributed by atoms with van der Waals surface area (Å²) in [7, 11) is 4.75. The van der Waals surface area contributed by atoms with Crippen LogP contribution >= 0.6 is 0 Å². The first-order valence-corrected chi connectivity index (χ1v) is 5.08. The Balaban J connectivity index is 3.30. The van der Waals surface area contributed by atoms with Gasteiger partial charge in [-0.05, 0) is 6.07 Å². The highest BCUT2D eigenvalue weighted by Crippen LogP contribution is 2.39. The molecule has 90 valence electrons. The van der Waals surface area contributed by atoms with Crippen molar-refractivity contribution in [3.63, 3.8) is 0 Å². The van der Waals surface area contributed by atoms with E-state index in [1.807, 2.05) is 13.0 Å². The number of ether oxygens (including phenoxy) is 3. The molecule has 0 heterocycles. The van der Waals surface area contributed by atoms with Crippen LogP contribution < -0.4 is 14.2 Å². The summed E-state index contributed by atoms with van der Waals surface area (Å²) in [4.78, 5) is 0. The number of rotatable bonds is 5. The summed E-state index contributed by atoms with van der Waals surface area (Å²) in [5, 5.41) is 9.20. The van der Waals surface area contributed by atoms with Crippen LogP contribution in [0.25, 0.3) is 0 Å². The highest BCUT2D eigenvalue weighted by atomic mass is 16.5. The minimum Gasteiger partial charge on any atom is -0.497 e. The topological polar surface area (TPSA) is 47.9 Å². The molecule has 1 unspecified atom stereocenters. The van der Waals surface area contributed by atoms with E-state index < -0.39 is 0 Å². The van der Waals surface area contributed by atoms with Crippen LogP contribution in [0.2, 0.25) is 0 Å². The number of hydrogen-bond acceptors (Lipinski definition) is 4. The molecule has 0 aliphatic carbocycles. The Bertz CT molecular complexity index is 349. The molecule has 16 heavy (non-hydrogen) atoms. The quantitative estimate of drug-likeness (QED) is 0.831. The molecule has 0 fully saturated rings. The predicted molar refractivity (Wildman–Crippen MR) is 61.6 cm³/mol. The van der Waals surface area contributed by atoms with Gasteiger partial charge in [0.15, 0.2) is 11.5 Å². The monoisotopic (exact) mass is 226 g/mol. The molecule has 1 atom stereocenters. The van der Waals surface area contributed by atoms with Crippen molar-refractivity contribution in [1.82, 2.24) is 0 Å². The van der Waals surface area contributed by atoms with Crippen molar-refractivity contribution in [3.8, 4) is 17.2 Å². The van der Waals surface area contributed by atoms with Gasteiger partial charge in [0.2, 0.25) is 0 Å². The lowest BCUT2D eigenvalue weighted by atomic mass is 10.00. The molecular weight excluding hydrogens is 208 g/mol. The average molecular weight is 226 g/mol. The molecule has 0 aliphatic rings. The third-order valence-corrected chi connectivity index (χ3v) is 2.52. The molecule has 0 aliphatic heterocycles. The summed E-state index contributed by atoms with van der Waals surface area (Å²) in [5.41, 5.74) is 0.876. The fourth-order valence-corrected chi connectivity index (χ4v) is 1.55. The summed E-state index contributed by atoms with van der Waals surface area (Å²) in [5.74, 6) is 1.91. The van der Waals surface area contributed by atoms with Crippen LogP contribution in [0, 0.1) is 0 Å². The van der Waals surface area contributed by atoms with Crippen molar-refractivity contribution in [2.75, 3.05) is 27.9 Å². The SMILES string of the molecule is COc1cc(OC)c(OC)c(C(C)CO)c1. The van der Waals surface area contributed by atoms with Gasteiger partial charge in [0.1, 0.15) is 5.75 Å². The molecule has 1 aromatic rings. The minimum absolute atomic E-state index is 0.0288. The molecule has 0 saturated heterocycles. The van der Waals surface area contributed by atoms with Crippen LogP contribution in [0.15, 0.2) is 12.1 Å². The molecule has 1 aromatic carbocycles. The van der Waals surface area contributed by atoms with E-state index in [-0.39, 0.29) is 12.5 Å². The van der Waals surface area contributed by atoms with Crippen LogP contribution in [-0.4, -0.2) is 33.0 Å². The Morgan fingerprint density at radius 3 is 2.25 bits per heavy atom. The Morgan fingerprint density at radius 2 is 1.81 bits per heavy atom. The fourth-order valence-electron chi connectivity index (χ4n) is 1.55. The number of aliphatic hydroxyl groups is 1. The van der Waals surface area contributed by atoms with Crippen molar-refractivity contribution >= 4 is 0 Å². The third-order valence-electron chi connectivity index (χ3n) is 2.52. The summed E-state index contributed by atoms with van der Waals surface area (Å²) in [6.45, 7) is 1.96. The van der Waals surface area contributed by atoms with E-state index in [0.29, 0.717) is 17.2 Å². The zero-order chi connectivity index (χ0) is 12.1. The summed E-state index contributed by atoms with van der Waals surface area (Å²) in [6.07, 6.45) is 0. The van der Waals surface area contributed by atoms with Gasteiger partial charge in [-0.25, -0.2) is 0 Å². The lowest BCUT2D eigenvalue weighted by Gasteiger charge is -2.17. The van der Waals surface area contributed by atoms with Gasteiger partial charge >= 0.3 is 0 Å². The summed E-state index contributed by atoms with van der Waals surface area (Å²) in [6, 6.07) is 3.61. The number of benzene rings is 1. The molecule has 0 radical (unpaired) electrons. The minimum atomic E-state index is -0.0288. The van der Waals surface area contributed by atoms with Crippen molar-refractivity contribution < 1.29 is 19.3 Å². The van der Waals surface area contributed by atoms with Gasteiger partial charge < -0.3 is 19.3 Å². The van der Waals surface area contributed by atoms with E-state index in [4.69, 9.17) is 14.2 Å². The van der Waals surface area contributed by atoms with Crippen molar-refractivity contribution in [3.05, 3.63) is 17.7 Å². The van der Waals surface area contributed by atoms with E-state index >= 15 is 0 Å². The molecule has 0 saturated carbocycles. The molecule has 0 spiro atoms. The summed E-state index contributed by atoms with van der Waals surface area (Å²) < 4.78 is 15.7. The first-order chi connectivity index (χ1) is 7.67. The maximum Gasteiger partial charge on any atom is 0.164 e. The molecule has 0 bridgehead atoms. The number of aliphatic hydroxyl groups excluding tert-OH is 1. The maximum atomic E-state index is 9.20. The van der Waals surface area contributed by atoms with E-state index in [2.05, 4.69) is 0 Å². The highest BCUT2D eigenvalue weighted by Gasteiger charge is 2.17. The zero-order valence-corrected chi connectivity index (χ0v) is 10.1. The second-order valence-electron chi connectivity index (χ2n) is 3.54. The Morgan fingerprint density at radius 1 is 1.12 bits per heavy atom. The molecular formula is C12H18O4. The van der Waals surface area contributed by atoms with Crippen molar-refractivity contribution in [2.24, 2.45) is 0 Å². The Labute approximate surface area is 95.8 Å². The average Bonchev–Trinajstić information content (AvgIpc) is 2.35. The molecule has 1 N–H and O–H groups in total. The maximum absolute atomic E-state index is 9.20. The van der Waals surface area contributed by atoms with Gasteiger partial charge in [-0.2, -0.15) is 0 Å². The first kappa shape index (κ1) is 12.6. The van der Waals surface area contributed by atoms with E-state index in [0.717, 1.165) is 5.56 Å². The molecule has 0 amide bonds. The van der Waals surface area contributed by atoms with E-state index in [1.165, 1.54) is 0 Å². The first-order valence-electron chi connectivity index (χ1n) is 5.08. The standard InChI is InChI=1S/C12H18O4/c1-8(7-13)10-5-9(14-2)6-11(15-3)12(10)16-4/h5-6,8,13H,7H2,1-4H3. The third kappa shape index (κ3) is 2.39. The second-order valence-corrected chi connectivity index (χ2v) is 3.54. The normalized spacial score (nSPS) is 12.1. The molecule has 1 rings (SSSR count). The lowest BCUT2D eigenvalue weighted by molar-refractivity contribution is 0.267. The summed E-state index contributed by atoms with van der Waals surface area (Å²) >= 11 is 0. The van der Waals surface area contributed by atoms with Crippen molar-refractivity contribution in [2.45, 2.75) is 12.8 Å². The van der Waals surface area contributed by atoms with Crippen LogP contribution in [0.1, 0.15) is 18.4 Å². The van der Waals surface area contributed by atoms with E-state index in [1.54, 1.807) is 27.4 Å². The fraction of sp³-hybridized carbons (Fsp3) is 0.500. The number of hydrogen-bond donors (Lipinski definition) is 1. The lowest BCUT2D eigenvalue weighted by Crippen LogP contribution is -2.04. The van der Waals surface area contributed by atoms with Gasteiger partial charge in [0, 0.05) is 24.2 Å². The molecule has 4 heteroatoms. The van der Waals surface area contributed by atoms with Gasteiger partial charge in [-0.3, -0.25) is 0 Å². The molecule has 4 nitrogen and oxygen atoms in total. The van der Waals surface area contributed by atoms with Gasteiger partial charge in [-0.1, -0.05) is 6.92 Å². The smallest absolute Gasteiger partial charge is 0.164 e. The Hall–Kier alpha value is -1.42. The van der Waals surface area contributed by atoms with Crippen LogP contribution in [0.4, 0.5) is 0 Å². The number of methoxy groups -OCH3 is 3. The van der Waals surface area contributed by atoms with Gasteiger partial charge in [0.05, 0.1) is 21.3 Å². The second kappa shape index (κ2) is 5.61.